The average molecular weight is 251 g/mol. The van der Waals surface area contributed by atoms with Crippen molar-refractivity contribution >= 4 is 5.97 Å². The summed E-state index contributed by atoms with van der Waals surface area (Å²) in [7, 11) is 0. The Morgan fingerprint density at radius 3 is 2.39 bits per heavy atom. The van der Waals surface area contributed by atoms with Gasteiger partial charge in [-0.25, -0.2) is 4.79 Å². The summed E-state index contributed by atoms with van der Waals surface area (Å²) in [4.78, 5) is 23.2. The normalized spacial score (nSPS) is 11.6. The van der Waals surface area contributed by atoms with E-state index in [0.717, 1.165) is 18.5 Å². The number of pyridine rings is 1. The van der Waals surface area contributed by atoms with Crippen molar-refractivity contribution in [3.8, 4) is 0 Å². The Bertz CT molecular complexity index is 495. The first-order valence-corrected chi connectivity index (χ1v) is 6.26. The summed E-state index contributed by atoms with van der Waals surface area (Å²) in [6, 6.07) is 3.16. The number of rotatable bonds is 4. The van der Waals surface area contributed by atoms with Crippen LogP contribution in [0.25, 0.3) is 0 Å². The zero-order valence-electron chi connectivity index (χ0n) is 11.5. The van der Waals surface area contributed by atoms with Gasteiger partial charge in [-0.1, -0.05) is 34.1 Å². The zero-order valence-corrected chi connectivity index (χ0v) is 11.5. The van der Waals surface area contributed by atoms with E-state index >= 15 is 0 Å². The predicted molar refractivity (Wildman–Crippen MR) is 71.3 cm³/mol. The molecular weight excluding hydrogens is 230 g/mol. The summed E-state index contributed by atoms with van der Waals surface area (Å²) in [5, 5.41) is 9.00. The molecule has 0 radical (unpaired) electrons. The summed E-state index contributed by atoms with van der Waals surface area (Å²) in [6.07, 6.45) is 1.83. The number of unbranched alkanes of at least 4 members (excludes halogenated alkanes) is 1. The van der Waals surface area contributed by atoms with Gasteiger partial charge in [-0.3, -0.25) is 4.79 Å². The Labute approximate surface area is 107 Å². The summed E-state index contributed by atoms with van der Waals surface area (Å²) in [5.41, 5.74) is 0.151. The quantitative estimate of drug-likeness (QED) is 0.895. The molecule has 0 bridgehead atoms. The maximum Gasteiger partial charge on any atom is 0.341 e. The molecule has 100 valence electrons. The van der Waals surface area contributed by atoms with E-state index in [9.17, 15) is 9.59 Å². The van der Waals surface area contributed by atoms with E-state index in [1.54, 1.807) is 10.6 Å². The highest BCUT2D eigenvalue weighted by Gasteiger charge is 2.21. The first-order chi connectivity index (χ1) is 8.29. The molecule has 18 heavy (non-hydrogen) atoms. The number of hydrogen-bond acceptors (Lipinski definition) is 2. The molecule has 4 nitrogen and oxygen atoms in total. The van der Waals surface area contributed by atoms with Crippen molar-refractivity contribution in [1.82, 2.24) is 4.57 Å². The molecule has 0 amide bonds. The molecular formula is C14H21NO3. The number of aromatic carboxylic acids is 1. The SMILES string of the molecule is CCCCn1c(C(C)(C)C)ccc(C(=O)O)c1=O. The smallest absolute Gasteiger partial charge is 0.341 e. The van der Waals surface area contributed by atoms with E-state index in [4.69, 9.17) is 5.11 Å². The fourth-order valence-electron chi connectivity index (χ4n) is 1.93. The van der Waals surface area contributed by atoms with Gasteiger partial charge in [0.1, 0.15) is 5.56 Å². The number of hydrogen-bond donors (Lipinski definition) is 1. The van der Waals surface area contributed by atoms with Gasteiger partial charge >= 0.3 is 5.97 Å². The molecule has 0 fully saturated rings. The van der Waals surface area contributed by atoms with E-state index in [0.29, 0.717) is 6.54 Å². The van der Waals surface area contributed by atoms with Gasteiger partial charge in [0, 0.05) is 17.7 Å². The van der Waals surface area contributed by atoms with Crippen molar-refractivity contribution in [1.29, 1.82) is 0 Å². The number of carboxylic acids is 1. The molecule has 1 heterocycles. The van der Waals surface area contributed by atoms with E-state index in [-0.39, 0.29) is 11.0 Å². The fourth-order valence-corrected chi connectivity index (χ4v) is 1.93. The van der Waals surface area contributed by atoms with Crippen molar-refractivity contribution in [2.45, 2.75) is 52.5 Å². The lowest BCUT2D eigenvalue weighted by Gasteiger charge is -2.24. The second-order valence-electron chi connectivity index (χ2n) is 5.50. The van der Waals surface area contributed by atoms with Crippen molar-refractivity contribution in [2.75, 3.05) is 0 Å². The second kappa shape index (κ2) is 5.38. The zero-order chi connectivity index (χ0) is 13.9. The molecule has 0 spiro atoms. The first-order valence-electron chi connectivity index (χ1n) is 6.26. The summed E-state index contributed by atoms with van der Waals surface area (Å²) < 4.78 is 1.60. The lowest BCUT2D eigenvalue weighted by Crippen LogP contribution is -2.33. The fraction of sp³-hybridized carbons (Fsp3) is 0.571. The summed E-state index contributed by atoms with van der Waals surface area (Å²) >= 11 is 0. The van der Waals surface area contributed by atoms with Crippen molar-refractivity contribution in [3.63, 3.8) is 0 Å². The Kier molecular flexibility index (Phi) is 4.33. The third-order valence-corrected chi connectivity index (χ3v) is 2.91. The number of nitrogens with zero attached hydrogens (tertiary/aromatic N) is 1. The van der Waals surface area contributed by atoms with Crippen molar-refractivity contribution < 1.29 is 9.90 Å². The van der Waals surface area contributed by atoms with Crippen LogP contribution in [0.15, 0.2) is 16.9 Å². The van der Waals surface area contributed by atoms with Crippen molar-refractivity contribution in [2.24, 2.45) is 0 Å². The maximum absolute atomic E-state index is 12.2. The van der Waals surface area contributed by atoms with Crippen LogP contribution in [0, 0.1) is 0 Å². The number of carboxylic acid groups (broad SMARTS) is 1. The minimum Gasteiger partial charge on any atom is -0.477 e. The highest BCUT2D eigenvalue weighted by molar-refractivity contribution is 5.87. The van der Waals surface area contributed by atoms with E-state index < -0.39 is 11.5 Å². The van der Waals surface area contributed by atoms with Crippen LogP contribution in [-0.2, 0) is 12.0 Å². The van der Waals surface area contributed by atoms with Gasteiger partial charge in [0.2, 0.25) is 0 Å². The Balaban J connectivity index is 3.42. The standard InChI is InChI=1S/C14H21NO3/c1-5-6-9-15-11(14(2,3)4)8-7-10(12(15)16)13(17)18/h7-8H,5-6,9H2,1-4H3,(H,17,18). The van der Waals surface area contributed by atoms with Crippen molar-refractivity contribution in [3.05, 3.63) is 33.7 Å². The molecule has 0 unspecified atom stereocenters. The predicted octanol–water partition coefficient (Wildman–Crippen LogP) is 2.64. The number of carbonyl (C=O) groups is 1. The molecule has 4 heteroatoms. The number of aromatic nitrogens is 1. The Morgan fingerprint density at radius 2 is 1.94 bits per heavy atom. The van der Waals surface area contributed by atoms with Crippen LogP contribution in [0.2, 0.25) is 0 Å². The van der Waals surface area contributed by atoms with E-state index in [2.05, 4.69) is 0 Å². The van der Waals surface area contributed by atoms with Crippen LogP contribution >= 0.6 is 0 Å². The molecule has 0 saturated heterocycles. The first kappa shape index (κ1) is 14.5. The molecule has 0 aliphatic carbocycles. The summed E-state index contributed by atoms with van der Waals surface area (Å²) in [5.74, 6) is -1.16. The second-order valence-corrected chi connectivity index (χ2v) is 5.50. The molecule has 1 N–H and O–H groups in total. The van der Waals surface area contributed by atoms with Gasteiger partial charge < -0.3 is 9.67 Å². The van der Waals surface area contributed by atoms with Gasteiger partial charge in [-0.2, -0.15) is 0 Å². The minimum atomic E-state index is -1.16. The maximum atomic E-state index is 12.2. The highest BCUT2D eigenvalue weighted by Crippen LogP contribution is 2.21. The van der Waals surface area contributed by atoms with Gasteiger partial charge in [-0.15, -0.1) is 0 Å². The molecule has 0 aliphatic rings. The topological polar surface area (TPSA) is 59.3 Å². The Hall–Kier alpha value is -1.58. The molecule has 1 aromatic rings. The van der Waals surface area contributed by atoms with Crippen LogP contribution in [0.4, 0.5) is 0 Å². The van der Waals surface area contributed by atoms with Gasteiger partial charge in [0.25, 0.3) is 5.56 Å². The van der Waals surface area contributed by atoms with Gasteiger partial charge in [0.05, 0.1) is 0 Å². The molecule has 0 saturated carbocycles. The lowest BCUT2D eigenvalue weighted by atomic mass is 9.90. The lowest BCUT2D eigenvalue weighted by molar-refractivity contribution is 0.0694. The largest absolute Gasteiger partial charge is 0.477 e. The van der Waals surface area contributed by atoms with Gasteiger partial charge in [0.15, 0.2) is 0 Å². The third kappa shape index (κ3) is 3.00. The average Bonchev–Trinajstić information content (AvgIpc) is 2.25. The van der Waals surface area contributed by atoms with Crippen LogP contribution < -0.4 is 5.56 Å². The van der Waals surface area contributed by atoms with Crippen LogP contribution in [0.3, 0.4) is 0 Å². The monoisotopic (exact) mass is 251 g/mol. The molecule has 1 aromatic heterocycles. The molecule has 0 aromatic carbocycles. The molecule has 0 atom stereocenters. The van der Waals surface area contributed by atoms with Crippen LogP contribution in [0.1, 0.15) is 56.6 Å². The third-order valence-electron chi connectivity index (χ3n) is 2.91. The van der Waals surface area contributed by atoms with E-state index in [1.165, 1.54) is 6.07 Å². The summed E-state index contributed by atoms with van der Waals surface area (Å²) in [6.45, 7) is 8.67. The molecule has 1 rings (SSSR count). The van der Waals surface area contributed by atoms with E-state index in [1.807, 2.05) is 27.7 Å². The van der Waals surface area contributed by atoms with Crippen LogP contribution in [0.5, 0.6) is 0 Å². The minimum absolute atomic E-state index is 0.154. The van der Waals surface area contributed by atoms with Gasteiger partial charge in [-0.05, 0) is 18.6 Å². The molecule has 0 aliphatic heterocycles. The van der Waals surface area contributed by atoms with Crippen LogP contribution in [-0.4, -0.2) is 15.6 Å². The Morgan fingerprint density at radius 1 is 1.33 bits per heavy atom. The highest BCUT2D eigenvalue weighted by atomic mass is 16.4.